The molecule has 2 fully saturated rings. The SMILES string of the molecule is CCNC(=NCC1(NC(C)c2ccccc2)CCOCC1)NC1CCN(C(N)=O)CC1.I. The van der Waals surface area contributed by atoms with E-state index in [1.807, 2.05) is 6.07 Å². The Morgan fingerprint density at radius 2 is 1.91 bits per heavy atom. The normalized spacial score (nSPS) is 20.2. The number of carbonyl (C=O) groups excluding carboxylic acids is 1. The number of hydrogen-bond donors (Lipinski definition) is 4. The first kappa shape index (κ1) is 26.7. The van der Waals surface area contributed by atoms with Crippen molar-refractivity contribution in [3.8, 4) is 0 Å². The quantitative estimate of drug-likeness (QED) is 0.234. The van der Waals surface area contributed by atoms with Gasteiger partial charge in [0.1, 0.15) is 0 Å². The topological polar surface area (TPSA) is 104 Å². The maximum atomic E-state index is 11.4. The van der Waals surface area contributed by atoms with Crippen LogP contribution in [0.25, 0.3) is 0 Å². The summed E-state index contributed by atoms with van der Waals surface area (Å²) in [5, 5.41) is 10.8. The fraction of sp³-hybridized carbons (Fsp3) is 0.652. The number of rotatable bonds is 7. The number of nitrogens with one attached hydrogen (secondary N) is 3. The highest BCUT2D eigenvalue weighted by Crippen LogP contribution is 2.26. The van der Waals surface area contributed by atoms with Crippen molar-refractivity contribution in [2.24, 2.45) is 10.7 Å². The summed E-state index contributed by atoms with van der Waals surface area (Å²) in [6.45, 7) is 8.64. The van der Waals surface area contributed by atoms with Crippen molar-refractivity contribution in [2.45, 2.75) is 57.2 Å². The number of likely N-dealkylation sites (tertiary alicyclic amines) is 1. The second kappa shape index (κ2) is 13.2. The maximum absolute atomic E-state index is 11.4. The lowest BCUT2D eigenvalue weighted by molar-refractivity contribution is 0.0374. The van der Waals surface area contributed by atoms with Crippen LogP contribution in [0, 0.1) is 0 Å². The largest absolute Gasteiger partial charge is 0.381 e. The van der Waals surface area contributed by atoms with Crippen LogP contribution in [0.5, 0.6) is 0 Å². The molecule has 1 aromatic carbocycles. The summed E-state index contributed by atoms with van der Waals surface area (Å²) in [7, 11) is 0. The number of guanidine groups is 1. The number of nitrogens with two attached hydrogens (primary N) is 1. The second-order valence-electron chi connectivity index (χ2n) is 8.61. The summed E-state index contributed by atoms with van der Waals surface area (Å²) >= 11 is 0. The standard InChI is InChI=1S/C23H38N6O2.HI/c1-3-25-22(27-20-9-13-29(14-10-20)21(24)30)26-17-23(11-15-31-16-12-23)28-18(2)19-7-5-4-6-8-19;/h4-8,18,20,28H,3,9-17H2,1-2H3,(H2,24,30)(H2,25,26,27);1H. The van der Waals surface area contributed by atoms with Crippen molar-refractivity contribution in [3.05, 3.63) is 35.9 Å². The Bertz CT molecular complexity index is 718. The second-order valence-corrected chi connectivity index (χ2v) is 8.61. The highest BCUT2D eigenvalue weighted by molar-refractivity contribution is 14.0. The third-order valence-corrected chi connectivity index (χ3v) is 6.30. The number of aliphatic imine (C=N–C) groups is 1. The van der Waals surface area contributed by atoms with Gasteiger partial charge < -0.3 is 31.3 Å². The molecule has 2 heterocycles. The zero-order valence-corrected chi connectivity index (χ0v) is 21.6. The molecule has 0 aliphatic carbocycles. The first-order valence-electron chi connectivity index (χ1n) is 11.5. The average Bonchev–Trinajstić information content (AvgIpc) is 2.79. The summed E-state index contributed by atoms with van der Waals surface area (Å²) in [6.07, 6.45) is 3.61. The number of nitrogens with zero attached hydrogens (tertiary/aromatic N) is 2. The van der Waals surface area contributed by atoms with Crippen LogP contribution in [0.15, 0.2) is 35.3 Å². The van der Waals surface area contributed by atoms with E-state index in [0.29, 0.717) is 19.6 Å². The molecule has 3 rings (SSSR count). The van der Waals surface area contributed by atoms with E-state index in [2.05, 4.69) is 54.1 Å². The number of urea groups is 1. The van der Waals surface area contributed by atoms with Gasteiger partial charge in [0.05, 0.1) is 6.54 Å². The van der Waals surface area contributed by atoms with E-state index in [4.69, 9.17) is 15.5 Å². The van der Waals surface area contributed by atoms with Gasteiger partial charge in [0.15, 0.2) is 5.96 Å². The molecule has 2 aliphatic rings. The Kier molecular flexibility index (Phi) is 11.0. The van der Waals surface area contributed by atoms with Crippen LogP contribution >= 0.6 is 24.0 Å². The molecule has 9 heteroatoms. The van der Waals surface area contributed by atoms with E-state index in [1.165, 1.54) is 5.56 Å². The maximum Gasteiger partial charge on any atom is 0.314 e. The highest BCUT2D eigenvalue weighted by Gasteiger charge is 2.34. The zero-order valence-electron chi connectivity index (χ0n) is 19.3. The average molecular weight is 559 g/mol. The first-order chi connectivity index (χ1) is 15.0. The number of carbonyl (C=O) groups is 1. The Balaban J connectivity index is 0.00000363. The third kappa shape index (κ3) is 7.77. The molecule has 8 nitrogen and oxygen atoms in total. The molecule has 5 N–H and O–H groups in total. The Hall–Kier alpha value is -1.59. The number of benzene rings is 1. The van der Waals surface area contributed by atoms with Crippen LogP contribution in [-0.4, -0.2) is 67.9 Å². The number of halogens is 1. The molecule has 1 aromatic rings. The number of hydrogen-bond acceptors (Lipinski definition) is 4. The minimum absolute atomic E-state index is 0. The van der Waals surface area contributed by atoms with Crippen molar-refractivity contribution in [1.29, 1.82) is 0 Å². The van der Waals surface area contributed by atoms with Gasteiger partial charge in [-0.1, -0.05) is 30.3 Å². The number of primary amides is 1. The van der Waals surface area contributed by atoms with Gasteiger partial charge in [0, 0.05) is 50.5 Å². The molecule has 0 bridgehead atoms. The van der Waals surface area contributed by atoms with Crippen molar-refractivity contribution in [2.75, 3.05) is 39.4 Å². The first-order valence-corrected chi connectivity index (χ1v) is 11.5. The predicted molar refractivity (Wildman–Crippen MR) is 139 cm³/mol. The van der Waals surface area contributed by atoms with Crippen molar-refractivity contribution < 1.29 is 9.53 Å². The molecular formula is C23H39IN6O2. The van der Waals surface area contributed by atoms with Gasteiger partial charge in [0.2, 0.25) is 0 Å². The van der Waals surface area contributed by atoms with E-state index in [9.17, 15) is 4.79 Å². The molecule has 2 aliphatic heterocycles. The molecule has 1 atom stereocenters. The lowest BCUT2D eigenvalue weighted by Gasteiger charge is -2.39. The van der Waals surface area contributed by atoms with Crippen LogP contribution in [0.4, 0.5) is 4.79 Å². The van der Waals surface area contributed by atoms with Crippen LogP contribution < -0.4 is 21.7 Å². The van der Waals surface area contributed by atoms with Gasteiger partial charge >= 0.3 is 6.03 Å². The zero-order chi connectivity index (χ0) is 22.1. The molecule has 0 aromatic heterocycles. The van der Waals surface area contributed by atoms with Gasteiger partial charge in [-0.15, -0.1) is 24.0 Å². The molecular weight excluding hydrogens is 519 g/mol. The lowest BCUT2D eigenvalue weighted by Crippen LogP contribution is -2.54. The highest BCUT2D eigenvalue weighted by atomic mass is 127. The van der Waals surface area contributed by atoms with Crippen LogP contribution in [0.3, 0.4) is 0 Å². The van der Waals surface area contributed by atoms with Gasteiger partial charge in [-0.3, -0.25) is 4.99 Å². The van der Waals surface area contributed by atoms with Crippen LogP contribution in [-0.2, 0) is 4.74 Å². The minimum atomic E-state index is -0.334. The molecule has 32 heavy (non-hydrogen) atoms. The van der Waals surface area contributed by atoms with Gasteiger partial charge in [0.25, 0.3) is 0 Å². The number of amides is 2. The molecule has 180 valence electrons. The van der Waals surface area contributed by atoms with Crippen LogP contribution in [0.1, 0.15) is 51.1 Å². The third-order valence-electron chi connectivity index (χ3n) is 6.30. The van der Waals surface area contributed by atoms with E-state index < -0.39 is 0 Å². The molecule has 0 radical (unpaired) electrons. The Morgan fingerprint density at radius 1 is 1.25 bits per heavy atom. The summed E-state index contributed by atoms with van der Waals surface area (Å²) < 4.78 is 5.66. The minimum Gasteiger partial charge on any atom is -0.381 e. The predicted octanol–water partition coefficient (Wildman–Crippen LogP) is 2.60. The molecule has 1 unspecified atom stereocenters. The van der Waals surface area contributed by atoms with Gasteiger partial charge in [-0.2, -0.15) is 0 Å². The summed E-state index contributed by atoms with van der Waals surface area (Å²) in [6, 6.07) is 10.7. The smallest absolute Gasteiger partial charge is 0.314 e. The summed E-state index contributed by atoms with van der Waals surface area (Å²) in [4.78, 5) is 18.0. The summed E-state index contributed by atoms with van der Waals surface area (Å²) in [5.74, 6) is 0.833. The molecule has 2 amide bonds. The fourth-order valence-corrected chi connectivity index (χ4v) is 4.38. The van der Waals surface area contributed by atoms with Gasteiger partial charge in [-0.05, 0) is 45.1 Å². The molecule has 0 saturated carbocycles. The molecule has 2 saturated heterocycles. The lowest BCUT2D eigenvalue weighted by atomic mass is 9.88. The Morgan fingerprint density at radius 3 is 2.50 bits per heavy atom. The fourth-order valence-electron chi connectivity index (χ4n) is 4.38. The number of ether oxygens (including phenoxy) is 1. The van der Waals surface area contributed by atoms with E-state index in [0.717, 1.165) is 51.4 Å². The van der Waals surface area contributed by atoms with E-state index in [1.54, 1.807) is 4.90 Å². The van der Waals surface area contributed by atoms with Crippen molar-refractivity contribution in [1.82, 2.24) is 20.9 Å². The summed E-state index contributed by atoms with van der Waals surface area (Å²) in [5.41, 5.74) is 6.59. The van der Waals surface area contributed by atoms with E-state index >= 15 is 0 Å². The van der Waals surface area contributed by atoms with Gasteiger partial charge in [-0.25, -0.2) is 4.79 Å². The monoisotopic (exact) mass is 558 g/mol. The Labute approximate surface area is 209 Å². The van der Waals surface area contributed by atoms with Crippen molar-refractivity contribution >= 4 is 36.0 Å². The van der Waals surface area contributed by atoms with E-state index in [-0.39, 0.29) is 47.6 Å². The molecule has 0 spiro atoms. The van der Waals surface area contributed by atoms with Crippen LogP contribution in [0.2, 0.25) is 0 Å². The van der Waals surface area contributed by atoms with Crippen molar-refractivity contribution in [3.63, 3.8) is 0 Å². The number of piperidine rings is 1.